The van der Waals surface area contributed by atoms with Gasteiger partial charge in [0, 0.05) is 36.3 Å². The molecule has 0 aromatic heterocycles. The first kappa shape index (κ1) is 19.8. The molecule has 3 rings (SSSR count). The van der Waals surface area contributed by atoms with E-state index in [1.807, 2.05) is 64.9 Å². The molecule has 2 aromatic carbocycles. The summed E-state index contributed by atoms with van der Waals surface area (Å²) < 4.78 is 0. The zero-order valence-electron chi connectivity index (χ0n) is 17.4. The highest BCUT2D eigenvalue weighted by Gasteiger charge is 2.39. The number of hydrogen-bond donors (Lipinski definition) is 1. The number of amides is 1. The number of Topliss-reactive ketones (excluding diaryl/α,β-unsaturated/α-hetero) is 1. The van der Waals surface area contributed by atoms with Crippen molar-refractivity contribution >= 4 is 23.1 Å². The van der Waals surface area contributed by atoms with E-state index in [1.54, 1.807) is 12.1 Å². The van der Waals surface area contributed by atoms with Gasteiger partial charge >= 0.3 is 0 Å². The molecule has 0 saturated heterocycles. The molecule has 0 unspecified atom stereocenters. The van der Waals surface area contributed by atoms with Gasteiger partial charge in [0.1, 0.15) is 5.71 Å². The number of benzene rings is 2. The molecule has 2 aromatic rings. The van der Waals surface area contributed by atoms with Crippen LogP contribution in [0, 0.1) is 19.3 Å². The molecule has 0 heterocycles. The summed E-state index contributed by atoms with van der Waals surface area (Å²) in [4.78, 5) is 27.6. The summed E-state index contributed by atoms with van der Waals surface area (Å²) >= 11 is 0. The molecule has 1 aliphatic rings. The molecular weight excluding hydrogens is 350 g/mol. The summed E-state index contributed by atoms with van der Waals surface area (Å²) in [5.41, 5.74) is 7.90. The number of hydrogen-bond acceptors (Lipinski definition) is 4. The Morgan fingerprint density at radius 2 is 1.75 bits per heavy atom. The normalized spacial score (nSPS) is 16.6. The lowest BCUT2D eigenvalue weighted by atomic mass is 9.71. The molecular formula is C23H27N3O2. The predicted octanol–water partition coefficient (Wildman–Crippen LogP) is 3.92. The van der Waals surface area contributed by atoms with E-state index in [1.165, 1.54) is 0 Å². The zero-order chi connectivity index (χ0) is 20.6. The van der Waals surface area contributed by atoms with Gasteiger partial charge in [-0.25, -0.2) is 5.43 Å². The lowest BCUT2D eigenvalue weighted by Gasteiger charge is -2.32. The predicted molar refractivity (Wildman–Crippen MR) is 113 cm³/mol. The Morgan fingerprint density at radius 1 is 1.11 bits per heavy atom. The Labute approximate surface area is 166 Å². The van der Waals surface area contributed by atoms with Crippen LogP contribution in [0.2, 0.25) is 0 Å². The fraction of sp³-hybridized carbons (Fsp3) is 0.348. The first-order valence-electron chi connectivity index (χ1n) is 9.41. The van der Waals surface area contributed by atoms with Crippen molar-refractivity contribution in [3.05, 3.63) is 64.2 Å². The highest BCUT2D eigenvalue weighted by molar-refractivity contribution is 6.49. The molecule has 0 bridgehead atoms. The minimum Gasteiger partial charge on any atom is -0.378 e. The molecule has 28 heavy (non-hydrogen) atoms. The maximum atomic E-state index is 13.1. The Morgan fingerprint density at radius 3 is 2.36 bits per heavy atom. The number of carbonyl (C=O) groups excluding carboxylic acids is 2. The van der Waals surface area contributed by atoms with E-state index < -0.39 is 5.41 Å². The van der Waals surface area contributed by atoms with Crippen LogP contribution in [0.4, 0.5) is 5.69 Å². The molecule has 0 saturated carbocycles. The summed E-state index contributed by atoms with van der Waals surface area (Å²) in [6.45, 7) is 7.96. The number of nitrogens with one attached hydrogen (secondary N) is 1. The molecule has 1 amide bonds. The van der Waals surface area contributed by atoms with Crippen molar-refractivity contribution in [2.75, 3.05) is 19.0 Å². The lowest BCUT2D eigenvalue weighted by Crippen LogP contribution is -2.41. The third-order valence-electron chi connectivity index (χ3n) is 5.19. The minimum atomic E-state index is -0.452. The molecule has 146 valence electrons. The van der Waals surface area contributed by atoms with Gasteiger partial charge in [-0.15, -0.1) is 0 Å². The Kier molecular flexibility index (Phi) is 5.11. The topological polar surface area (TPSA) is 61.8 Å². The van der Waals surface area contributed by atoms with Gasteiger partial charge in [0.2, 0.25) is 5.78 Å². The molecule has 5 nitrogen and oxygen atoms in total. The first-order valence-corrected chi connectivity index (χ1v) is 9.41. The van der Waals surface area contributed by atoms with Crippen LogP contribution in [0.25, 0.3) is 0 Å². The summed E-state index contributed by atoms with van der Waals surface area (Å²) in [6, 6.07) is 11.3. The number of aryl methyl sites for hydroxylation is 2. The number of rotatable bonds is 3. The van der Waals surface area contributed by atoms with Crippen LogP contribution in [-0.4, -0.2) is 31.5 Å². The average Bonchev–Trinajstić information content (AvgIpc) is 2.59. The Bertz CT molecular complexity index is 970. The van der Waals surface area contributed by atoms with E-state index in [0.717, 1.165) is 22.4 Å². The highest BCUT2D eigenvalue weighted by Crippen LogP contribution is 2.35. The van der Waals surface area contributed by atoms with E-state index in [4.69, 9.17) is 0 Å². The summed E-state index contributed by atoms with van der Waals surface area (Å²) in [7, 11) is 3.89. The molecule has 0 atom stereocenters. The molecule has 0 spiro atoms. The van der Waals surface area contributed by atoms with Crippen LogP contribution in [0.1, 0.15) is 51.3 Å². The van der Waals surface area contributed by atoms with Crippen molar-refractivity contribution in [2.45, 2.75) is 34.1 Å². The average molecular weight is 377 g/mol. The van der Waals surface area contributed by atoms with Gasteiger partial charge in [0.05, 0.1) is 0 Å². The second-order valence-electron chi connectivity index (χ2n) is 8.35. The number of hydrazone groups is 1. The number of fused-ring (bicyclic) bond motifs is 1. The maximum absolute atomic E-state index is 13.1. The molecule has 0 radical (unpaired) electrons. The number of carbonyl (C=O) groups is 2. The van der Waals surface area contributed by atoms with Crippen LogP contribution in [0.5, 0.6) is 0 Å². The summed E-state index contributed by atoms with van der Waals surface area (Å²) in [6.07, 6.45) is 0.711. The van der Waals surface area contributed by atoms with Crippen molar-refractivity contribution in [3.63, 3.8) is 0 Å². The van der Waals surface area contributed by atoms with E-state index >= 15 is 0 Å². The van der Waals surface area contributed by atoms with Crippen LogP contribution in [0.15, 0.2) is 41.5 Å². The summed E-state index contributed by atoms with van der Waals surface area (Å²) in [5, 5.41) is 4.27. The van der Waals surface area contributed by atoms with E-state index in [2.05, 4.69) is 16.6 Å². The molecule has 1 aliphatic carbocycles. The third kappa shape index (κ3) is 3.70. The minimum absolute atomic E-state index is 0.105. The van der Waals surface area contributed by atoms with Crippen molar-refractivity contribution in [2.24, 2.45) is 10.5 Å². The highest BCUT2D eigenvalue weighted by atomic mass is 16.2. The SMILES string of the molecule is Cc1cc(C)c2c(c1)CC(C)(C)/C(=N\NC(=O)c1ccc(N(C)C)cc1)C2=O. The third-order valence-corrected chi connectivity index (χ3v) is 5.19. The number of ketones is 1. The standard InChI is InChI=1S/C23H27N3O2/c1-14-11-15(2)19-17(12-14)13-23(3,4)21(20(19)27)24-25-22(28)16-7-9-18(10-8-16)26(5)6/h7-12H,13H2,1-6H3,(H,25,28)/b24-21-. The molecule has 0 fully saturated rings. The van der Waals surface area contributed by atoms with Crippen LogP contribution >= 0.6 is 0 Å². The van der Waals surface area contributed by atoms with Crippen LogP contribution < -0.4 is 10.3 Å². The quantitative estimate of drug-likeness (QED) is 0.825. The summed E-state index contributed by atoms with van der Waals surface area (Å²) in [5.74, 6) is -0.431. The second-order valence-corrected chi connectivity index (χ2v) is 8.35. The van der Waals surface area contributed by atoms with Crippen molar-refractivity contribution in [1.29, 1.82) is 0 Å². The van der Waals surface area contributed by atoms with Crippen molar-refractivity contribution in [1.82, 2.24) is 5.43 Å². The first-order chi connectivity index (χ1) is 13.1. The fourth-order valence-electron chi connectivity index (χ4n) is 3.79. The Hall–Kier alpha value is -2.95. The molecule has 5 heteroatoms. The number of nitrogens with zero attached hydrogens (tertiary/aromatic N) is 2. The monoisotopic (exact) mass is 377 g/mol. The number of anilines is 1. The van der Waals surface area contributed by atoms with Crippen LogP contribution in [0.3, 0.4) is 0 Å². The smallest absolute Gasteiger partial charge is 0.271 e. The van der Waals surface area contributed by atoms with Crippen molar-refractivity contribution < 1.29 is 9.59 Å². The van der Waals surface area contributed by atoms with Gasteiger partial charge in [-0.2, -0.15) is 5.10 Å². The Balaban J connectivity index is 1.88. The molecule has 1 N–H and O–H groups in total. The van der Waals surface area contributed by atoms with Gasteiger partial charge in [0.25, 0.3) is 5.91 Å². The second kappa shape index (κ2) is 7.23. The van der Waals surface area contributed by atoms with Crippen LogP contribution in [-0.2, 0) is 6.42 Å². The van der Waals surface area contributed by atoms with E-state index in [0.29, 0.717) is 23.3 Å². The van der Waals surface area contributed by atoms with E-state index in [9.17, 15) is 9.59 Å². The molecule has 0 aliphatic heterocycles. The maximum Gasteiger partial charge on any atom is 0.271 e. The van der Waals surface area contributed by atoms with Gasteiger partial charge < -0.3 is 4.90 Å². The largest absolute Gasteiger partial charge is 0.378 e. The lowest BCUT2D eigenvalue weighted by molar-refractivity contribution is 0.0954. The van der Waals surface area contributed by atoms with Crippen molar-refractivity contribution in [3.8, 4) is 0 Å². The van der Waals surface area contributed by atoms with Gasteiger partial charge in [-0.1, -0.05) is 31.5 Å². The fourth-order valence-corrected chi connectivity index (χ4v) is 3.79. The van der Waals surface area contributed by atoms with E-state index in [-0.39, 0.29) is 11.7 Å². The van der Waals surface area contributed by atoms with Gasteiger partial charge in [-0.05, 0) is 55.7 Å². The van der Waals surface area contributed by atoms with Gasteiger partial charge in [0.15, 0.2) is 0 Å². The van der Waals surface area contributed by atoms with Gasteiger partial charge in [-0.3, -0.25) is 9.59 Å². The zero-order valence-corrected chi connectivity index (χ0v) is 17.4.